The number of hydrogen-bond acceptors (Lipinski definition) is 6. The Labute approximate surface area is 224 Å². The molecule has 39 heavy (non-hydrogen) atoms. The van der Waals surface area contributed by atoms with Crippen LogP contribution in [0.15, 0.2) is 75.9 Å². The van der Waals surface area contributed by atoms with E-state index in [4.69, 9.17) is 10.2 Å². The number of carbonyl (C=O) groups excluding carboxylic acids is 3. The number of amides is 2. The van der Waals surface area contributed by atoms with Crippen molar-refractivity contribution in [1.29, 1.82) is 0 Å². The number of oxazole rings is 1. The number of Topliss-reactive ketones (excluding diaryl/α,β-unsaturated/α-hetero) is 1. The van der Waals surface area contributed by atoms with Gasteiger partial charge in [0.15, 0.2) is 5.58 Å². The van der Waals surface area contributed by atoms with Crippen molar-refractivity contribution in [3.05, 3.63) is 77.3 Å². The number of para-hydroxylation sites is 2. The maximum Gasteiger partial charge on any atom is 0.450 e. The number of nitrogens with zero attached hydrogens (tertiary/aromatic N) is 2. The van der Waals surface area contributed by atoms with Crippen molar-refractivity contribution in [3.63, 3.8) is 0 Å². The van der Waals surface area contributed by atoms with E-state index in [1.807, 2.05) is 24.3 Å². The Bertz CT molecular complexity index is 1580. The Balaban J connectivity index is 1.61. The molecule has 2 amide bonds. The van der Waals surface area contributed by atoms with Gasteiger partial charge in [0.2, 0.25) is 17.6 Å². The molecule has 1 atom stereocenters. The normalized spacial score (nSPS) is 12.5. The van der Waals surface area contributed by atoms with Crippen LogP contribution in [0.2, 0.25) is 0 Å². The van der Waals surface area contributed by atoms with Crippen LogP contribution in [0.5, 0.6) is 0 Å². The molecule has 0 fully saturated rings. The van der Waals surface area contributed by atoms with Gasteiger partial charge in [-0.3, -0.25) is 23.9 Å². The van der Waals surface area contributed by atoms with Gasteiger partial charge >= 0.3 is 11.9 Å². The molecule has 0 spiro atoms. The van der Waals surface area contributed by atoms with E-state index in [-0.39, 0.29) is 18.6 Å². The van der Waals surface area contributed by atoms with Crippen LogP contribution in [0.3, 0.4) is 0 Å². The summed E-state index contributed by atoms with van der Waals surface area (Å²) in [5.74, 6) is -4.62. The highest BCUT2D eigenvalue weighted by Gasteiger charge is 2.37. The highest BCUT2D eigenvalue weighted by molar-refractivity contribution is 7.99. The predicted molar refractivity (Wildman–Crippen MR) is 143 cm³/mol. The lowest BCUT2D eigenvalue weighted by Crippen LogP contribution is -2.50. The molecule has 0 unspecified atom stereocenters. The number of aromatic nitrogens is 1. The van der Waals surface area contributed by atoms with Gasteiger partial charge in [-0.05, 0) is 53.6 Å². The number of thioether (sulfide) groups is 1. The number of fused-ring (bicyclic) bond motifs is 2. The maximum atomic E-state index is 13.7. The van der Waals surface area contributed by atoms with Crippen molar-refractivity contribution in [1.82, 2.24) is 4.57 Å². The molecule has 4 rings (SSSR count). The first-order chi connectivity index (χ1) is 18.6. The predicted octanol–water partition coefficient (Wildman–Crippen LogP) is 4.28. The molecule has 0 aliphatic heterocycles. The molecule has 12 heteroatoms. The Kier molecular flexibility index (Phi) is 8.44. The number of rotatable bonds is 11. The Morgan fingerprint density at radius 2 is 1.69 bits per heavy atom. The first-order valence-electron chi connectivity index (χ1n) is 11.9. The van der Waals surface area contributed by atoms with E-state index in [1.54, 1.807) is 42.5 Å². The fraction of sp³-hybridized carbons (Fsp3) is 0.259. The largest absolute Gasteiger partial charge is 0.450 e. The molecule has 3 aromatic carbocycles. The summed E-state index contributed by atoms with van der Waals surface area (Å²) < 4.78 is 43.8. The molecule has 1 heterocycles. The van der Waals surface area contributed by atoms with E-state index in [0.717, 1.165) is 27.1 Å². The van der Waals surface area contributed by atoms with E-state index in [9.17, 15) is 32.3 Å². The smallest absolute Gasteiger partial charge is 0.408 e. The van der Waals surface area contributed by atoms with Crippen LogP contribution in [-0.4, -0.2) is 45.9 Å². The van der Waals surface area contributed by atoms with Crippen molar-refractivity contribution in [2.75, 3.05) is 16.4 Å². The molecule has 0 aliphatic rings. The molecule has 8 nitrogen and oxygen atoms in total. The molecule has 204 valence electrons. The SMILES string of the molecule is NC(=O)[C@H](CCCSCC(=O)C(F)(F)F)N(C(=O)Cn1c(=O)oc2ccccc21)c1ccc2ccccc2c1. The molecule has 0 saturated heterocycles. The number of nitrogens with two attached hydrogens (primary N) is 1. The fourth-order valence-electron chi connectivity index (χ4n) is 4.22. The van der Waals surface area contributed by atoms with Gasteiger partial charge in [0.25, 0.3) is 0 Å². The van der Waals surface area contributed by atoms with Crippen molar-refractivity contribution in [3.8, 4) is 0 Å². The Morgan fingerprint density at radius 1 is 1.00 bits per heavy atom. The summed E-state index contributed by atoms with van der Waals surface area (Å²) in [6, 6.07) is 18.0. The number of ketones is 1. The van der Waals surface area contributed by atoms with E-state index in [1.165, 1.54) is 4.90 Å². The molecule has 0 radical (unpaired) electrons. The van der Waals surface area contributed by atoms with E-state index in [2.05, 4.69) is 0 Å². The third kappa shape index (κ3) is 6.51. The van der Waals surface area contributed by atoms with Gasteiger partial charge < -0.3 is 10.2 Å². The highest BCUT2D eigenvalue weighted by Crippen LogP contribution is 2.27. The van der Waals surface area contributed by atoms with Crippen LogP contribution in [0.1, 0.15) is 12.8 Å². The lowest BCUT2D eigenvalue weighted by atomic mass is 10.1. The van der Waals surface area contributed by atoms with Crippen molar-refractivity contribution in [2.45, 2.75) is 31.6 Å². The number of benzene rings is 3. The van der Waals surface area contributed by atoms with Crippen LogP contribution < -0.4 is 16.4 Å². The van der Waals surface area contributed by atoms with Crippen molar-refractivity contribution < 1.29 is 32.0 Å². The van der Waals surface area contributed by atoms with Gasteiger partial charge in [0, 0.05) is 5.69 Å². The topological polar surface area (TPSA) is 116 Å². The average molecular weight is 560 g/mol. The zero-order chi connectivity index (χ0) is 28.2. The first-order valence-corrected chi connectivity index (χ1v) is 13.1. The van der Waals surface area contributed by atoms with E-state index < -0.39 is 47.9 Å². The zero-order valence-corrected chi connectivity index (χ0v) is 21.3. The number of primary amides is 1. The molecule has 0 aliphatic carbocycles. The van der Waals surface area contributed by atoms with Crippen molar-refractivity contribution >= 4 is 56.9 Å². The lowest BCUT2D eigenvalue weighted by Gasteiger charge is -2.30. The average Bonchev–Trinajstić information content (AvgIpc) is 3.21. The second kappa shape index (κ2) is 11.8. The quantitative estimate of drug-likeness (QED) is 0.274. The van der Waals surface area contributed by atoms with E-state index in [0.29, 0.717) is 16.8 Å². The van der Waals surface area contributed by atoms with Crippen LogP contribution in [-0.2, 0) is 20.9 Å². The summed E-state index contributed by atoms with van der Waals surface area (Å²) in [4.78, 5) is 51.2. The monoisotopic (exact) mass is 559 g/mol. The first kappa shape index (κ1) is 28.0. The van der Waals surface area contributed by atoms with Gasteiger partial charge in [-0.15, -0.1) is 0 Å². The number of carbonyl (C=O) groups is 3. The van der Waals surface area contributed by atoms with E-state index >= 15 is 0 Å². The standard InChI is InChI=1S/C27H24F3N3O5S/c28-27(29,30)23(34)16-39-13-5-9-21(25(31)36)33(19-12-11-17-6-1-2-7-18(17)14-19)24(35)15-32-20-8-3-4-10-22(20)38-26(32)37/h1-4,6-8,10-12,14,21H,5,9,13,15-16H2,(H2,31,36)/t21-/m0/s1. The minimum absolute atomic E-state index is 0.0299. The molecule has 1 aromatic heterocycles. The van der Waals surface area contributed by atoms with Gasteiger partial charge in [0.1, 0.15) is 12.6 Å². The highest BCUT2D eigenvalue weighted by atomic mass is 32.2. The number of alkyl halides is 3. The third-order valence-corrected chi connectivity index (χ3v) is 7.15. The summed E-state index contributed by atoms with van der Waals surface area (Å²) in [7, 11) is 0. The number of halogens is 3. The number of hydrogen-bond donors (Lipinski definition) is 1. The minimum atomic E-state index is -4.91. The van der Waals surface area contributed by atoms with Crippen molar-refractivity contribution in [2.24, 2.45) is 5.73 Å². The number of anilines is 1. The summed E-state index contributed by atoms with van der Waals surface area (Å²) in [5.41, 5.74) is 6.77. The molecular weight excluding hydrogens is 535 g/mol. The third-order valence-electron chi connectivity index (χ3n) is 6.10. The fourth-order valence-corrected chi connectivity index (χ4v) is 5.09. The lowest BCUT2D eigenvalue weighted by molar-refractivity contribution is -0.167. The molecule has 2 N–H and O–H groups in total. The van der Waals surface area contributed by atoms with Crippen LogP contribution in [0, 0.1) is 0 Å². The minimum Gasteiger partial charge on any atom is -0.408 e. The summed E-state index contributed by atoms with van der Waals surface area (Å²) in [5, 5.41) is 1.69. The maximum absolute atomic E-state index is 13.7. The summed E-state index contributed by atoms with van der Waals surface area (Å²) in [6.45, 7) is -0.443. The van der Waals surface area contributed by atoms with Gasteiger partial charge in [-0.25, -0.2) is 4.79 Å². The zero-order valence-electron chi connectivity index (χ0n) is 20.5. The molecule has 4 aromatic rings. The molecule has 0 saturated carbocycles. The summed E-state index contributed by atoms with van der Waals surface area (Å²) >= 11 is 0.784. The Hall–Kier alpha value is -4.06. The molecular formula is C27H24F3N3O5S. The Morgan fingerprint density at radius 3 is 2.41 bits per heavy atom. The molecule has 0 bridgehead atoms. The van der Waals surface area contributed by atoms with Gasteiger partial charge in [-0.2, -0.15) is 24.9 Å². The van der Waals surface area contributed by atoms with Gasteiger partial charge in [-0.1, -0.05) is 42.5 Å². The van der Waals surface area contributed by atoms with Crippen LogP contribution in [0.25, 0.3) is 21.9 Å². The van der Waals surface area contributed by atoms with Gasteiger partial charge in [0.05, 0.1) is 11.3 Å². The second-order valence-corrected chi connectivity index (χ2v) is 9.86. The summed E-state index contributed by atoms with van der Waals surface area (Å²) in [6.07, 6.45) is -4.67. The second-order valence-electron chi connectivity index (χ2n) is 8.75. The van der Waals surface area contributed by atoms with Crippen LogP contribution >= 0.6 is 11.8 Å². The van der Waals surface area contributed by atoms with Crippen LogP contribution in [0.4, 0.5) is 18.9 Å².